The Morgan fingerprint density at radius 1 is 1.40 bits per heavy atom. The first-order chi connectivity index (χ1) is 9.65. The van der Waals surface area contributed by atoms with E-state index in [0.29, 0.717) is 12.8 Å². The van der Waals surface area contributed by atoms with Gasteiger partial charge in [0.15, 0.2) is 0 Å². The van der Waals surface area contributed by atoms with Crippen LogP contribution in [0.2, 0.25) is 0 Å². The lowest BCUT2D eigenvalue weighted by molar-refractivity contribution is -0.119. The Kier molecular flexibility index (Phi) is 4.90. The molecule has 0 saturated heterocycles. The van der Waals surface area contributed by atoms with E-state index >= 15 is 0 Å². The Bertz CT molecular complexity index is 589. The second-order valence-corrected chi connectivity index (χ2v) is 5.06. The first-order valence-corrected chi connectivity index (χ1v) is 7.14. The molecule has 0 amide bonds. The van der Waals surface area contributed by atoms with Gasteiger partial charge in [0.05, 0.1) is 23.6 Å². The minimum atomic E-state index is 0.129. The van der Waals surface area contributed by atoms with Gasteiger partial charge in [-0.05, 0) is 32.4 Å². The normalized spacial score (nSPS) is 12.8. The molecule has 0 aliphatic heterocycles. The number of fused-ring (bicyclic) bond motifs is 1. The number of hydrogen-bond donors (Lipinski definition) is 0. The van der Waals surface area contributed by atoms with Crippen LogP contribution in [0.25, 0.3) is 11.0 Å². The van der Waals surface area contributed by atoms with E-state index in [-0.39, 0.29) is 11.9 Å². The monoisotopic (exact) mass is 274 g/mol. The van der Waals surface area contributed by atoms with Crippen LogP contribution in [0.15, 0.2) is 24.3 Å². The quantitative estimate of drug-likeness (QED) is 0.779. The standard InChI is InChI=1S/C16H22N2O2/c1-4-18-15-8-6-5-7-14(15)17-16(18)11-13(19)10-9-12(2)20-3/h5-8,12H,4,9-11H2,1-3H3. The lowest BCUT2D eigenvalue weighted by Crippen LogP contribution is -2.13. The van der Waals surface area contributed by atoms with Crippen molar-refractivity contribution in [2.24, 2.45) is 0 Å². The largest absolute Gasteiger partial charge is 0.382 e. The molecule has 0 bridgehead atoms. The summed E-state index contributed by atoms with van der Waals surface area (Å²) in [5.41, 5.74) is 2.06. The predicted molar refractivity (Wildman–Crippen MR) is 79.8 cm³/mol. The zero-order valence-electron chi connectivity index (χ0n) is 12.4. The highest BCUT2D eigenvalue weighted by molar-refractivity contribution is 5.82. The number of nitrogens with zero attached hydrogens (tertiary/aromatic N) is 2. The van der Waals surface area contributed by atoms with Crippen LogP contribution < -0.4 is 0 Å². The molecule has 0 N–H and O–H groups in total. The molecule has 1 atom stereocenters. The molecule has 2 rings (SSSR count). The van der Waals surface area contributed by atoms with Crippen molar-refractivity contribution in [3.05, 3.63) is 30.1 Å². The van der Waals surface area contributed by atoms with Crippen LogP contribution in [0, 0.1) is 0 Å². The van der Waals surface area contributed by atoms with Crippen LogP contribution >= 0.6 is 0 Å². The maximum atomic E-state index is 12.1. The third kappa shape index (κ3) is 3.25. The minimum absolute atomic E-state index is 0.129. The zero-order valence-corrected chi connectivity index (χ0v) is 12.4. The van der Waals surface area contributed by atoms with Crippen molar-refractivity contribution in [2.75, 3.05) is 7.11 Å². The van der Waals surface area contributed by atoms with Gasteiger partial charge in [0.1, 0.15) is 11.6 Å². The molecular formula is C16H22N2O2. The number of rotatable bonds is 7. The Balaban J connectivity index is 2.11. The molecule has 1 unspecified atom stereocenters. The van der Waals surface area contributed by atoms with E-state index in [2.05, 4.69) is 16.5 Å². The SMILES string of the molecule is CCn1c(CC(=O)CCC(C)OC)nc2ccccc21. The fraction of sp³-hybridized carbons (Fsp3) is 0.500. The fourth-order valence-corrected chi connectivity index (χ4v) is 2.36. The highest BCUT2D eigenvalue weighted by atomic mass is 16.5. The molecule has 1 heterocycles. The van der Waals surface area contributed by atoms with Gasteiger partial charge in [-0.3, -0.25) is 4.79 Å². The highest BCUT2D eigenvalue weighted by Gasteiger charge is 2.13. The summed E-state index contributed by atoms with van der Waals surface area (Å²) in [4.78, 5) is 16.7. The van der Waals surface area contributed by atoms with Gasteiger partial charge in [-0.15, -0.1) is 0 Å². The number of methoxy groups -OCH3 is 1. The Morgan fingerprint density at radius 2 is 2.15 bits per heavy atom. The van der Waals surface area contributed by atoms with E-state index in [9.17, 15) is 4.79 Å². The average Bonchev–Trinajstić information content (AvgIpc) is 2.81. The summed E-state index contributed by atoms with van der Waals surface area (Å²) in [5.74, 6) is 1.09. The van der Waals surface area contributed by atoms with Gasteiger partial charge in [-0.25, -0.2) is 4.98 Å². The van der Waals surface area contributed by atoms with Gasteiger partial charge in [0, 0.05) is 20.1 Å². The van der Waals surface area contributed by atoms with Crippen LogP contribution in [0.1, 0.15) is 32.5 Å². The van der Waals surface area contributed by atoms with Crippen LogP contribution in [0.5, 0.6) is 0 Å². The first-order valence-electron chi connectivity index (χ1n) is 7.14. The lowest BCUT2D eigenvalue weighted by atomic mass is 10.1. The molecule has 108 valence electrons. The molecule has 0 aliphatic carbocycles. The molecule has 1 aromatic carbocycles. The molecule has 0 aliphatic rings. The summed E-state index contributed by atoms with van der Waals surface area (Å²) in [7, 11) is 1.67. The number of aromatic nitrogens is 2. The second kappa shape index (κ2) is 6.66. The number of carbonyl (C=O) groups is 1. The number of ketones is 1. The van der Waals surface area contributed by atoms with Gasteiger partial charge >= 0.3 is 0 Å². The summed E-state index contributed by atoms with van der Waals surface area (Å²) in [6.07, 6.45) is 1.84. The molecule has 20 heavy (non-hydrogen) atoms. The topological polar surface area (TPSA) is 44.1 Å². The van der Waals surface area contributed by atoms with Crippen molar-refractivity contribution in [2.45, 2.75) is 45.8 Å². The summed E-state index contributed by atoms with van der Waals surface area (Å²) in [5, 5.41) is 0. The molecule has 2 aromatic rings. The van der Waals surface area contributed by atoms with Gasteiger partial charge in [0.2, 0.25) is 0 Å². The molecule has 1 aromatic heterocycles. The highest BCUT2D eigenvalue weighted by Crippen LogP contribution is 2.17. The Labute approximate surface area is 119 Å². The van der Waals surface area contributed by atoms with E-state index in [1.54, 1.807) is 7.11 Å². The van der Waals surface area contributed by atoms with E-state index in [1.807, 2.05) is 31.2 Å². The van der Waals surface area contributed by atoms with E-state index in [1.165, 1.54) is 0 Å². The number of aryl methyl sites for hydroxylation is 1. The van der Waals surface area contributed by atoms with Crippen molar-refractivity contribution in [1.82, 2.24) is 9.55 Å². The number of hydrogen-bond acceptors (Lipinski definition) is 3. The van der Waals surface area contributed by atoms with Crippen molar-refractivity contribution < 1.29 is 9.53 Å². The molecular weight excluding hydrogens is 252 g/mol. The van der Waals surface area contributed by atoms with Crippen LogP contribution in [0.3, 0.4) is 0 Å². The minimum Gasteiger partial charge on any atom is -0.382 e. The van der Waals surface area contributed by atoms with Crippen molar-refractivity contribution in [3.8, 4) is 0 Å². The molecule has 0 fully saturated rings. The molecule has 0 saturated carbocycles. The smallest absolute Gasteiger partial charge is 0.140 e. The van der Waals surface area contributed by atoms with E-state index in [4.69, 9.17) is 4.74 Å². The second-order valence-electron chi connectivity index (χ2n) is 5.06. The van der Waals surface area contributed by atoms with Crippen LogP contribution in [-0.4, -0.2) is 28.5 Å². The van der Waals surface area contributed by atoms with Crippen molar-refractivity contribution in [3.63, 3.8) is 0 Å². The number of benzene rings is 1. The summed E-state index contributed by atoms with van der Waals surface area (Å²) < 4.78 is 7.29. The predicted octanol–water partition coefficient (Wildman–Crippen LogP) is 2.98. The average molecular weight is 274 g/mol. The summed E-state index contributed by atoms with van der Waals surface area (Å²) in [6, 6.07) is 8.01. The summed E-state index contributed by atoms with van der Waals surface area (Å²) in [6.45, 7) is 4.89. The van der Waals surface area contributed by atoms with Gasteiger partial charge in [0.25, 0.3) is 0 Å². The molecule has 4 heteroatoms. The van der Waals surface area contributed by atoms with E-state index in [0.717, 1.165) is 29.8 Å². The van der Waals surface area contributed by atoms with Gasteiger partial charge in [-0.1, -0.05) is 12.1 Å². The number of ether oxygens (including phenoxy) is 1. The lowest BCUT2D eigenvalue weighted by Gasteiger charge is -2.09. The first kappa shape index (κ1) is 14.7. The molecule has 0 radical (unpaired) electrons. The van der Waals surface area contributed by atoms with Gasteiger partial charge < -0.3 is 9.30 Å². The Morgan fingerprint density at radius 3 is 2.85 bits per heavy atom. The van der Waals surface area contributed by atoms with Gasteiger partial charge in [-0.2, -0.15) is 0 Å². The Hall–Kier alpha value is -1.68. The number of imidazole rings is 1. The molecule has 0 spiro atoms. The fourth-order valence-electron chi connectivity index (χ4n) is 2.36. The zero-order chi connectivity index (χ0) is 14.5. The third-order valence-electron chi connectivity index (χ3n) is 3.64. The van der Waals surface area contributed by atoms with E-state index < -0.39 is 0 Å². The molecule has 4 nitrogen and oxygen atoms in total. The third-order valence-corrected chi connectivity index (χ3v) is 3.64. The van der Waals surface area contributed by atoms with Crippen molar-refractivity contribution >= 4 is 16.8 Å². The number of Topliss-reactive ketones (excluding diaryl/α,β-unsaturated/α-hetero) is 1. The van der Waals surface area contributed by atoms with Crippen LogP contribution in [0.4, 0.5) is 0 Å². The maximum Gasteiger partial charge on any atom is 0.140 e. The number of carbonyl (C=O) groups excluding carboxylic acids is 1. The van der Waals surface area contributed by atoms with Crippen molar-refractivity contribution in [1.29, 1.82) is 0 Å². The van der Waals surface area contributed by atoms with Crippen LogP contribution in [-0.2, 0) is 22.5 Å². The summed E-state index contributed by atoms with van der Waals surface area (Å²) >= 11 is 0. The maximum absolute atomic E-state index is 12.1. The number of para-hydroxylation sites is 2.